The Bertz CT molecular complexity index is 1230. The van der Waals surface area contributed by atoms with Crippen LogP contribution >= 0.6 is 0 Å². The van der Waals surface area contributed by atoms with Crippen molar-refractivity contribution >= 4 is 23.9 Å². The topological polar surface area (TPSA) is 76.2 Å². The highest BCUT2D eigenvalue weighted by molar-refractivity contribution is 5.97. The van der Waals surface area contributed by atoms with Crippen molar-refractivity contribution in [2.45, 2.75) is 71.1 Å². The van der Waals surface area contributed by atoms with E-state index in [1.807, 2.05) is 23.1 Å². The third-order valence-electron chi connectivity index (χ3n) is 8.11. The Kier molecular flexibility index (Phi) is 8.34. The van der Waals surface area contributed by atoms with Crippen molar-refractivity contribution in [2.24, 2.45) is 5.92 Å². The van der Waals surface area contributed by atoms with Gasteiger partial charge in [-0.3, -0.25) is 14.4 Å². The maximum Gasteiger partial charge on any atom is 0.309 e. The lowest BCUT2D eigenvalue weighted by Gasteiger charge is -2.44. The highest BCUT2D eigenvalue weighted by Gasteiger charge is 2.41. The van der Waals surface area contributed by atoms with Crippen molar-refractivity contribution in [3.8, 4) is 0 Å². The number of amides is 2. The van der Waals surface area contributed by atoms with Crippen molar-refractivity contribution in [1.29, 1.82) is 0 Å². The molecular weight excluding hydrogens is 492 g/mol. The average Bonchev–Trinajstić information content (AvgIpc) is 2.95. The van der Waals surface area contributed by atoms with Crippen LogP contribution in [0.5, 0.6) is 0 Å². The Balaban J connectivity index is 1.27. The molecule has 0 aromatic heterocycles. The fourth-order valence-corrected chi connectivity index (χ4v) is 6.00. The molecule has 2 heterocycles. The molecule has 1 aliphatic carbocycles. The number of esters is 1. The number of carbonyl (C=O) groups is 3. The molecule has 7 nitrogen and oxygen atoms in total. The molecule has 2 aliphatic heterocycles. The van der Waals surface area contributed by atoms with E-state index in [0.717, 1.165) is 36.8 Å². The van der Waals surface area contributed by atoms with Crippen LogP contribution in [-0.4, -0.2) is 59.4 Å². The number of hydrogen-bond acceptors (Lipinski definition) is 5. The summed E-state index contributed by atoms with van der Waals surface area (Å²) < 4.78 is 11.4. The van der Waals surface area contributed by atoms with E-state index in [0.29, 0.717) is 50.4 Å². The minimum Gasteiger partial charge on any atom is -0.482 e. The third-order valence-corrected chi connectivity index (χ3v) is 8.11. The fraction of sp³-hybridized carbons (Fsp3) is 0.469. The summed E-state index contributed by atoms with van der Waals surface area (Å²) in [6, 6.07) is 15.7. The predicted octanol–water partition coefficient (Wildman–Crippen LogP) is 5.12. The van der Waals surface area contributed by atoms with Crippen molar-refractivity contribution in [1.82, 2.24) is 9.80 Å². The Morgan fingerprint density at radius 1 is 1.03 bits per heavy atom. The van der Waals surface area contributed by atoms with Crippen LogP contribution in [0, 0.1) is 12.8 Å². The first-order valence-electron chi connectivity index (χ1n) is 14.2. The molecule has 2 aromatic carbocycles. The number of morpholine rings is 1. The molecular formula is C32H38N2O5. The van der Waals surface area contributed by atoms with Gasteiger partial charge in [0.2, 0.25) is 0 Å². The lowest BCUT2D eigenvalue weighted by Crippen LogP contribution is -2.54. The van der Waals surface area contributed by atoms with Gasteiger partial charge in [-0.2, -0.15) is 0 Å². The Morgan fingerprint density at radius 3 is 2.49 bits per heavy atom. The van der Waals surface area contributed by atoms with Gasteiger partial charge in [0, 0.05) is 25.2 Å². The third kappa shape index (κ3) is 6.18. The number of rotatable bonds is 6. The number of nitrogens with zero attached hydrogens (tertiary/aromatic N) is 2. The smallest absolute Gasteiger partial charge is 0.309 e. The van der Waals surface area contributed by atoms with Crippen LogP contribution in [0.2, 0.25) is 0 Å². The van der Waals surface area contributed by atoms with E-state index in [-0.39, 0.29) is 35.8 Å². The summed E-state index contributed by atoms with van der Waals surface area (Å²) in [5.74, 6) is -0.0604. The second-order valence-electron chi connectivity index (χ2n) is 10.9. The van der Waals surface area contributed by atoms with Gasteiger partial charge in [0.25, 0.3) is 11.8 Å². The number of piperidine rings is 1. The van der Waals surface area contributed by atoms with E-state index in [9.17, 15) is 14.4 Å². The highest BCUT2D eigenvalue weighted by atomic mass is 16.5. The molecule has 2 saturated heterocycles. The first-order valence-corrected chi connectivity index (χ1v) is 14.2. The molecule has 206 valence electrons. The maximum atomic E-state index is 13.6. The molecule has 2 aromatic rings. The maximum absolute atomic E-state index is 13.6. The van der Waals surface area contributed by atoms with Crippen LogP contribution in [0.15, 0.2) is 54.3 Å². The number of ether oxygens (including phenoxy) is 2. The minimum absolute atomic E-state index is 0.00546. The first-order chi connectivity index (χ1) is 18.9. The predicted molar refractivity (Wildman–Crippen MR) is 149 cm³/mol. The molecule has 0 spiro atoms. The Hall–Kier alpha value is -3.61. The second kappa shape index (κ2) is 12.1. The number of carbonyl (C=O) groups excluding carboxylic acids is 3. The summed E-state index contributed by atoms with van der Waals surface area (Å²) in [7, 11) is 0. The van der Waals surface area contributed by atoms with Gasteiger partial charge in [0.15, 0.2) is 5.76 Å². The molecule has 2 unspecified atom stereocenters. The summed E-state index contributed by atoms with van der Waals surface area (Å²) in [6.45, 7) is 5.90. The van der Waals surface area contributed by atoms with Crippen LogP contribution in [0.25, 0.3) is 6.08 Å². The molecule has 0 radical (unpaired) electrons. The monoisotopic (exact) mass is 530 g/mol. The summed E-state index contributed by atoms with van der Waals surface area (Å²) in [6.07, 6.45) is 7.17. The van der Waals surface area contributed by atoms with Gasteiger partial charge in [-0.25, -0.2) is 0 Å². The summed E-state index contributed by atoms with van der Waals surface area (Å²) in [4.78, 5) is 42.5. The zero-order chi connectivity index (χ0) is 27.4. The van der Waals surface area contributed by atoms with Gasteiger partial charge in [0.1, 0.15) is 6.10 Å². The second-order valence-corrected chi connectivity index (χ2v) is 10.9. The summed E-state index contributed by atoms with van der Waals surface area (Å²) >= 11 is 0. The molecule has 0 bridgehead atoms. The van der Waals surface area contributed by atoms with E-state index in [4.69, 9.17) is 9.47 Å². The van der Waals surface area contributed by atoms with Gasteiger partial charge in [-0.05, 0) is 75.3 Å². The molecule has 1 saturated carbocycles. The lowest BCUT2D eigenvalue weighted by molar-refractivity contribution is -0.150. The van der Waals surface area contributed by atoms with E-state index in [1.165, 1.54) is 5.56 Å². The zero-order valence-electron chi connectivity index (χ0n) is 22.9. The molecule has 2 amide bonds. The number of likely N-dealkylation sites (tertiary alicyclic amines) is 1. The Morgan fingerprint density at radius 2 is 1.77 bits per heavy atom. The first kappa shape index (κ1) is 27.0. The van der Waals surface area contributed by atoms with E-state index >= 15 is 0 Å². The van der Waals surface area contributed by atoms with Crippen LogP contribution in [0.4, 0.5) is 0 Å². The van der Waals surface area contributed by atoms with Crippen LogP contribution < -0.4 is 0 Å². The molecule has 3 aliphatic rings. The van der Waals surface area contributed by atoms with Gasteiger partial charge in [0.05, 0.1) is 18.6 Å². The zero-order valence-corrected chi connectivity index (χ0v) is 22.9. The molecule has 2 atom stereocenters. The number of fused-ring (bicyclic) bond motifs is 1. The highest BCUT2D eigenvalue weighted by Crippen LogP contribution is 2.34. The average molecular weight is 531 g/mol. The van der Waals surface area contributed by atoms with Crippen molar-refractivity contribution in [3.05, 3.63) is 76.5 Å². The van der Waals surface area contributed by atoms with Crippen molar-refractivity contribution < 1.29 is 23.9 Å². The number of benzene rings is 2. The molecule has 7 heteroatoms. The Labute approximate surface area is 230 Å². The quantitative estimate of drug-likeness (QED) is 0.383. The van der Waals surface area contributed by atoms with E-state index in [1.54, 1.807) is 30.0 Å². The van der Waals surface area contributed by atoms with Crippen LogP contribution in [-0.2, 0) is 25.6 Å². The van der Waals surface area contributed by atoms with Gasteiger partial charge in [-0.1, -0.05) is 48.4 Å². The normalized spacial score (nSPS) is 22.8. The number of hydrogen-bond donors (Lipinski definition) is 0. The van der Waals surface area contributed by atoms with Crippen LogP contribution in [0.3, 0.4) is 0 Å². The minimum atomic E-state index is -0.168. The molecule has 3 fully saturated rings. The van der Waals surface area contributed by atoms with Gasteiger partial charge >= 0.3 is 5.97 Å². The van der Waals surface area contributed by atoms with Gasteiger partial charge in [-0.15, -0.1) is 0 Å². The van der Waals surface area contributed by atoms with E-state index < -0.39 is 0 Å². The van der Waals surface area contributed by atoms with Crippen LogP contribution in [0.1, 0.15) is 72.5 Å². The standard InChI is InChI=1S/C32H38N2O5/c1-3-38-32(37)26-15-17-33(18-16-26)30(35)25-13-11-23(12-14-25)20-29-31(36)34(21-24-8-6-7-22(2)19-24)27-9-4-5-10-28(27)39-29/h6-8,11-14,19-20,26-28H,3-5,9-10,15-18,21H2,1-2H3/b29-20+. The number of aryl methyl sites for hydroxylation is 1. The van der Waals surface area contributed by atoms with Crippen molar-refractivity contribution in [3.63, 3.8) is 0 Å². The molecule has 39 heavy (non-hydrogen) atoms. The summed E-state index contributed by atoms with van der Waals surface area (Å²) in [5, 5.41) is 0. The van der Waals surface area contributed by atoms with E-state index in [2.05, 4.69) is 25.1 Å². The largest absolute Gasteiger partial charge is 0.482 e. The fourth-order valence-electron chi connectivity index (χ4n) is 6.00. The molecule has 5 rings (SSSR count). The molecule has 0 N–H and O–H groups in total. The SMILES string of the molecule is CCOC(=O)C1CCN(C(=O)c2ccc(/C=C3/OC4CCCCC4N(Cc4cccc(C)c4)C3=O)cc2)CC1. The lowest BCUT2D eigenvalue weighted by atomic mass is 9.89. The van der Waals surface area contributed by atoms with Gasteiger partial charge < -0.3 is 19.3 Å². The summed E-state index contributed by atoms with van der Waals surface area (Å²) in [5.41, 5.74) is 3.72. The van der Waals surface area contributed by atoms with Crippen molar-refractivity contribution in [2.75, 3.05) is 19.7 Å².